The molecule has 1 amide bonds. The first kappa shape index (κ1) is 21.2. The summed E-state index contributed by atoms with van der Waals surface area (Å²) in [5.41, 5.74) is 1.59. The van der Waals surface area contributed by atoms with Crippen molar-refractivity contribution in [1.29, 1.82) is 0 Å². The van der Waals surface area contributed by atoms with Crippen LogP contribution in [-0.4, -0.2) is 37.0 Å². The monoisotopic (exact) mass is 385 g/mol. The van der Waals surface area contributed by atoms with Crippen LogP contribution in [0.4, 0.5) is 4.39 Å². The molecule has 0 saturated heterocycles. The standard InChI is InChI=1S/C22H24FNO4/c1-3-28-22(26)13-14-24(16-18-7-10-19(23)11-8-18)21(25)12-9-17-5-4-6-20(15-17)27-2/h4-12,15H,3,13-14,16H2,1-2H3/b12-9+. The minimum absolute atomic E-state index is 0.0910. The summed E-state index contributed by atoms with van der Waals surface area (Å²) < 4.78 is 23.2. The van der Waals surface area contributed by atoms with Gasteiger partial charge in [0.25, 0.3) is 0 Å². The van der Waals surface area contributed by atoms with E-state index >= 15 is 0 Å². The van der Waals surface area contributed by atoms with Gasteiger partial charge < -0.3 is 14.4 Å². The molecule has 28 heavy (non-hydrogen) atoms. The van der Waals surface area contributed by atoms with Gasteiger partial charge in [0.1, 0.15) is 11.6 Å². The van der Waals surface area contributed by atoms with E-state index in [9.17, 15) is 14.0 Å². The molecule has 148 valence electrons. The van der Waals surface area contributed by atoms with Crippen molar-refractivity contribution in [3.05, 3.63) is 71.6 Å². The van der Waals surface area contributed by atoms with Crippen LogP contribution in [0.25, 0.3) is 6.08 Å². The van der Waals surface area contributed by atoms with Crippen LogP contribution < -0.4 is 4.74 Å². The quantitative estimate of drug-likeness (QED) is 0.486. The molecule has 0 saturated carbocycles. The molecule has 0 N–H and O–H groups in total. The third-order valence-corrected chi connectivity index (χ3v) is 4.00. The number of esters is 1. The lowest BCUT2D eigenvalue weighted by Gasteiger charge is -2.21. The van der Waals surface area contributed by atoms with Crippen molar-refractivity contribution in [2.45, 2.75) is 19.9 Å². The number of hydrogen-bond acceptors (Lipinski definition) is 4. The van der Waals surface area contributed by atoms with Crippen molar-refractivity contribution >= 4 is 18.0 Å². The first-order valence-corrected chi connectivity index (χ1v) is 9.03. The first-order chi connectivity index (χ1) is 13.5. The fraction of sp³-hybridized carbons (Fsp3) is 0.273. The fourth-order valence-corrected chi connectivity index (χ4v) is 2.55. The molecule has 0 aliphatic heterocycles. The minimum Gasteiger partial charge on any atom is -0.497 e. The maximum absolute atomic E-state index is 13.1. The van der Waals surface area contributed by atoms with E-state index < -0.39 is 0 Å². The Balaban J connectivity index is 2.10. The maximum atomic E-state index is 13.1. The van der Waals surface area contributed by atoms with Crippen LogP contribution in [0.5, 0.6) is 5.75 Å². The Morgan fingerprint density at radius 3 is 2.57 bits per heavy atom. The third-order valence-electron chi connectivity index (χ3n) is 4.00. The molecule has 2 aromatic carbocycles. The number of hydrogen-bond donors (Lipinski definition) is 0. The summed E-state index contributed by atoms with van der Waals surface area (Å²) in [5, 5.41) is 0. The number of amides is 1. The lowest BCUT2D eigenvalue weighted by molar-refractivity contribution is -0.143. The van der Waals surface area contributed by atoms with E-state index in [2.05, 4.69) is 0 Å². The SMILES string of the molecule is CCOC(=O)CCN(Cc1ccc(F)cc1)C(=O)/C=C/c1cccc(OC)c1. The Morgan fingerprint density at radius 2 is 1.89 bits per heavy atom. The Hall–Kier alpha value is -3.15. The molecule has 0 radical (unpaired) electrons. The van der Waals surface area contributed by atoms with E-state index in [0.29, 0.717) is 12.4 Å². The van der Waals surface area contributed by atoms with Crippen LogP contribution in [0.3, 0.4) is 0 Å². The molecule has 0 aliphatic rings. The van der Waals surface area contributed by atoms with Crippen molar-refractivity contribution in [3.8, 4) is 5.75 Å². The van der Waals surface area contributed by atoms with E-state index in [-0.39, 0.29) is 37.2 Å². The molecule has 2 aromatic rings. The molecule has 0 spiro atoms. The molecule has 6 heteroatoms. The van der Waals surface area contributed by atoms with Gasteiger partial charge in [-0.3, -0.25) is 9.59 Å². The predicted octanol–water partition coefficient (Wildman–Crippen LogP) is 3.83. The molecule has 0 heterocycles. The fourth-order valence-electron chi connectivity index (χ4n) is 2.55. The Bertz CT molecular complexity index is 818. The summed E-state index contributed by atoms with van der Waals surface area (Å²) in [7, 11) is 1.58. The number of benzene rings is 2. The number of nitrogens with zero attached hydrogens (tertiary/aromatic N) is 1. The summed E-state index contributed by atoms with van der Waals surface area (Å²) in [6.07, 6.45) is 3.23. The summed E-state index contributed by atoms with van der Waals surface area (Å²) in [6, 6.07) is 13.2. The normalized spacial score (nSPS) is 10.7. The zero-order valence-corrected chi connectivity index (χ0v) is 16.1. The van der Waals surface area contributed by atoms with Crippen LogP contribution in [-0.2, 0) is 20.9 Å². The first-order valence-electron chi connectivity index (χ1n) is 9.03. The topological polar surface area (TPSA) is 55.8 Å². The zero-order chi connectivity index (χ0) is 20.4. The van der Waals surface area contributed by atoms with Gasteiger partial charge in [-0.25, -0.2) is 4.39 Å². The molecular formula is C22H24FNO4. The van der Waals surface area contributed by atoms with Crippen LogP contribution in [0.2, 0.25) is 0 Å². The van der Waals surface area contributed by atoms with Gasteiger partial charge in [0, 0.05) is 19.2 Å². The van der Waals surface area contributed by atoms with Crippen LogP contribution in [0, 0.1) is 5.82 Å². The van der Waals surface area contributed by atoms with E-state index in [1.807, 2.05) is 24.3 Å². The summed E-state index contributed by atoms with van der Waals surface area (Å²) in [4.78, 5) is 25.9. The Morgan fingerprint density at radius 1 is 1.14 bits per heavy atom. The van der Waals surface area contributed by atoms with Crippen molar-refractivity contribution < 1.29 is 23.5 Å². The minimum atomic E-state index is -0.365. The van der Waals surface area contributed by atoms with Gasteiger partial charge in [-0.05, 0) is 48.4 Å². The van der Waals surface area contributed by atoms with Gasteiger partial charge in [-0.2, -0.15) is 0 Å². The van der Waals surface area contributed by atoms with Gasteiger partial charge in [-0.15, -0.1) is 0 Å². The van der Waals surface area contributed by atoms with E-state index in [4.69, 9.17) is 9.47 Å². The molecule has 0 bridgehead atoms. The number of methoxy groups -OCH3 is 1. The van der Waals surface area contributed by atoms with Crippen molar-refractivity contribution in [1.82, 2.24) is 4.90 Å². The number of carbonyl (C=O) groups is 2. The molecule has 0 fully saturated rings. The van der Waals surface area contributed by atoms with Gasteiger partial charge >= 0.3 is 5.97 Å². The average molecular weight is 385 g/mol. The van der Waals surface area contributed by atoms with Crippen LogP contribution in [0.1, 0.15) is 24.5 Å². The molecule has 2 rings (SSSR count). The molecule has 0 unspecified atom stereocenters. The summed E-state index contributed by atoms with van der Waals surface area (Å²) in [6.45, 7) is 2.50. The van der Waals surface area contributed by atoms with Crippen LogP contribution >= 0.6 is 0 Å². The second kappa shape index (κ2) is 10.9. The highest BCUT2D eigenvalue weighted by Gasteiger charge is 2.14. The van der Waals surface area contributed by atoms with Crippen molar-refractivity contribution in [2.24, 2.45) is 0 Å². The zero-order valence-electron chi connectivity index (χ0n) is 16.1. The molecule has 0 atom stereocenters. The van der Waals surface area contributed by atoms with E-state index in [1.165, 1.54) is 23.1 Å². The predicted molar refractivity (Wildman–Crippen MR) is 105 cm³/mol. The number of carbonyl (C=O) groups excluding carboxylic acids is 2. The molecular weight excluding hydrogens is 361 g/mol. The highest BCUT2D eigenvalue weighted by molar-refractivity contribution is 5.92. The Labute approximate surface area is 164 Å². The molecule has 0 aliphatic carbocycles. The second-order valence-corrected chi connectivity index (χ2v) is 6.05. The van der Waals surface area contributed by atoms with Crippen LogP contribution in [0.15, 0.2) is 54.6 Å². The average Bonchev–Trinajstić information content (AvgIpc) is 2.71. The summed E-state index contributed by atoms with van der Waals surface area (Å²) in [5.74, 6) is -0.265. The summed E-state index contributed by atoms with van der Waals surface area (Å²) >= 11 is 0. The van der Waals surface area contributed by atoms with Gasteiger partial charge in [0.05, 0.1) is 20.1 Å². The molecule has 0 aromatic heterocycles. The largest absolute Gasteiger partial charge is 0.497 e. The van der Waals surface area contributed by atoms with Crippen molar-refractivity contribution in [2.75, 3.05) is 20.3 Å². The van der Waals surface area contributed by atoms with E-state index in [0.717, 1.165) is 11.1 Å². The smallest absolute Gasteiger partial charge is 0.307 e. The van der Waals surface area contributed by atoms with Gasteiger partial charge in [0.15, 0.2) is 0 Å². The highest BCUT2D eigenvalue weighted by Crippen LogP contribution is 2.14. The lowest BCUT2D eigenvalue weighted by atomic mass is 10.1. The Kier molecular flexibility index (Phi) is 8.21. The van der Waals surface area contributed by atoms with Crippen molar-refractivity contribution in [3.63, 3.8) is 0 Å². The maximum Gasteiger partial charge on any atom is 0.307 e. The number of ether oxygens (including phenoxy) is 2. The highest BCUT2D eigenvalue weighted by atomic mass is 19.1. The number of rotatable bonds is 9. The molecule has 5 nitrogen and oxygen atoms in total. The van der Waals surface area contributed by atoms with Gasteiger partial charge in [0.2, 0.25) is 5.91 Å². The lowest BCUT2D eigenvalue weighted by Crippen LogP contribution is -2.31. The second-order valence-electron chi connectivity index (χ2n) is 6.05. The number of halogens is 1. The van der Waals surface area contributed by atoms with E-state index in [1.54, 1.807) is 32.2 Å². The van der Waals surface area contributed by atoms with Gasteiger partial charge in [-0.1, -0.05) is 24.3 Å². The third kappa shape index (κ3) is 6.87.